The Morgan fingerprint density at radius 1 is 1.24 bits per heavy atom. The molecule has 0 aliphatic carbocycles. The number of oxazole rings is 1. The van der Waals surface area contributed by atoms with Crippen molar-refractivity contribution < 1.29 is 14.0 Å². The van der Waals surface area contributed by atoms with Gasteiger partial charge in [0.1, 0.15) is 17.0 Å². The first-order valence-electron chi connectivity index (χ1n) is 8.46. The fourth-order valence-corrected chi connectivity index (χ4v) is 3.27. The Hall–Kier alpha value is -2.63. The average molecular weight is 341 g/mol. The van der Waals surface area contributed by atoms with Gasteiger partial charge >= 0.3 is 6.03 Å². The van der Waals surface area contributed by atoms with E-state index in [0.717, 1.165) is 5.56 Å². The van der Waals surface area contributed by atoms with Gasteiger partial charge in [-0.05, 0) is 38.3 Å². The monoisotopic (exact) mass is 341 g/mol. The van der Waals surface area contributed by atoms with Gasteiger partial charge in [-0.2, -0.15) is 0 Å². The number of nitrogens with zero attached hydrogens (tertiary/aromatic N) is 2. The topological polar surface area (TPSA) is 75.4 Å². The van der Waals surface area contributed by atoms with Crippen LogP contribution in [0.25, 0.3) is 11.5 Å². The fourth-order valence-electron chi connectivity index (χ4n) is 3.27. The lowest BCUT2D eigenvalue weighted by atomic mass is 9.91. The summed E-state index contributed by atoms with van der Waals surface area (Å²) in [6, 6.07) is 9.16. The van der Waals surface area contributed by atoms with E-state index in [-0.39, 0.29) is 18.5 Å². The predicted octanol–water partition coefficient (Wildman–Crippen LogP) is 3.51. The summed E-state index contributed by atoms with van der Waals surface area (Å²) in [6.45, 7) is 7.74. The first kappa shape index (κ1) is 17.2. The van der Waals surface area contributed by atoms with Gasteiger partial charge in [-0.15, -0.1) is 0 Å². The van der Waals surface area contributed by atoms with Crippen molar-refractivity contribution >= 4 is 11.9 Å². The van der Waals surface area contributed by atoms with Gasteiger partial charge in [0.25, 0.3) is 5.91 Å². The molecule has 1 atom stereocenters. The van der Waals surface area contributed by atoms with Crippen LogP contribution in [0.3, 0.4) is 0 Å². The number of benzene rings is 1. The van der Waals surface area contributed by atoms with Crippen LogP contribution in [-0.2, 0) is 11.3 Å². The minimum Gasteiger partial charge on any atom is -0.441 e. The van der Waals surface area contributed by atoms with Crippen LogP contribution in [0.4, 0.5) is 4.79 Å². The molecule has 1 aliphatic rings. The van der Waals surface area contributed by atoms with Crippen molar-refractivity contribution in [3.63, 3.8) is 0 Å². The smallest absolute Gasteiger partial charge is 0.325 e. The van der Waals surface area contributed by atoms with E-state index in [4.69, 9.17) is 4.42 Å². The molecule has 0 bridgehead atoms. The number of amides is 3. The van der Waals surface area contributed by atoms with Gasteiger partial charge in [-0.3, -0.25) is 9.69 Å². The van der Waals surface area contributed by atoms with Crippen LogP contribution in [0.15, 0.2) is 34.7 Å². The lowest BCUT2D eigenvalue weighted by molar-refractivity contribution is -0.131. The summed E-state index contributed by atoms with van der Waals surface area (Å²) >= 11 is 0. The molecule has 6 heteroatoms. The number of carbonyl (C=O) groups is 2. The van der Waals surface area contributed by atoms with Crippen molar-refractivity contribution in [3.05, 3.63) is 41.8 Å². The highest BCUT2D eigenvalue weighted by molar-refractivity contribution is 6.06. The molecule has 2 aromatic rings. The van der Waals surface area contributed by atoms with Crippen molar-refractivity contribution in [1.29, 1.82) is 0 Å². The van der Waals surface area contributed by atoms with E-state index >= 15 is 0 Å². The molecular formula is C19H23N3O3. The van der Waals surface area contributed by atoms with Gasteiger partial charge < -0.3 is 9.73 Å². The van der Waals surface area contributed by atoms with Crippen LogP contribution >= 0.6 is 0 Å². The standard InChI is InChI=1S/C19H23N3O3/c1-12(2)10-19(4)17(23)22(18(24)21-19)11-15-13(3)25-16(20-15)14-8-6-5-7-9-14/h5-9,12H,10-11H2,1-4H3,(H,21,24)/t19-/m1/s1. The summed E-state index contributed by atoms with van der Waals surface area (Å²) < 4.78 is 5.72. The first-order valence-corrected chi connectivity index (χ1v) is 8.46. The maximum absolute atomic E-state index is 12.7. The molecule has 1 aromatic carbocycles. The Morgan fingerprint density at radius 3 is 2.56 bits per heavy atom. The van der Waals surface area contributed by atoms with E-state index in [2.05, 4.69) is 10.3 Å². The van der Waals surface area contributed by atoms with E-state index in [0.29, 0.717) is 29.7 Å². The van der Waals surface area contributed by atoms with E-state index in [9.17, 15) is 9.59 Å². The Bertz CT molecular complexity index is 798. The second-order valence-corrected chi connectivity index (χ2v) is 7.14. The zero-order chi connectivity index (χ0) is 18.2. The van der Waals surface area contributed by atoms with E-state index in [1.807, 2.05) is 44.2 Å². The van der Waals surface area contributed by atoms with Gasteiger partial charge in [-0.25, -0.2) is 9.78 Å². The average Bonchev–Trinajstić information content (AvgIpc) is 3.01. The van der Waals surface area contributed by atoms with Crippen LogP contribution in [0, 0.1) is 12.8 Å². The van der Waals surface area contributed by atoms with Crippen LogP contribution in [-0.4, -0.2) is 27.4 Å². The summed E-state index contributed by atoms with van der Waals surface area (Å²) in [5.74, 6) is 1.18. The van der Waals surface area contributed by atoms with Gasteiger partial charge in [0.05, 0.1) is 6.54 Å². The summed E-state index contributed by atoms with van der Waals surface area (Å²) in [6.07, 6.45) is 0.598. The number of aromatic nitrogens is 1. The van der Waals surface area contributed by atoms with Gasteiger partial charge in [0.15, 0.2) is 0 Å². The summed E-state index contributed by atoms with van der Waals surface area (Å²) in [4.78, 5) is 30.8. The molecule has 1 aliphatic heterocycles. The second kappa shape index (κ2) is 6.35. The Kier molecular flexibility index (Phi) is 4.37. The van der Waals surface area contributed by atoms with Crippen molar-refractivity contribution in [2.45, 2.75) is 46.2 Å². The van der Waals surface area contributed by atoms with Crippen molar-refractivity contribution in [2.24, 2.45) is 5.92 Å². The SMILES string of the molecule is Cc1oc(-c2ccccc2)nc1CN1C(=O)N[C@](C)(CC(C)C)C1=O. The number of nitrogens with one attached hydrogen (secondary N) is 1. The molecule has 0 radical (unpaired) electrons. The largest absolute Gasteiger partial charge is 0.441 e. The van der Waals surface area contributed by atoms with E-state index < -0.39 is 5.54 Å². The summed E-state index contributed by atoms with van der Waals surface area (Å²) in [5.41, 5.74) is 0.598. The molecule has 2 heterocycles. The molecule has 3 amide bonds. The molecule has 0 unspecified atom stereocenters. The van der Waals surface area contributed by atoms with Crippen LogP contribution in [0.5, 0.6) is 0 Å². The number of rotatable bonds is 5. The van der Waals surface area contributed by atoms with Crippen LogP contribution < -0.4 is 5.32 Å². The van der Waals surface area contributed by atoms with Gasteiger partial charge in [0, 0.05) is 5.56 Å². The molecule has 0 spiro atoms. The van der Waals surface area contributed by atoms with Crippen molar-refractivity contribution in [2.75, 3.05) is 0 Å². The number of hydrogen-bond donors (Lipinski definition) is 1. The zero-order valence-electron chi connectivity index (χ0n) is 15.0. The summed E-state index contributed by atoms with van der Waals surface area (Å²) in [5, 5.41) is 2.82. The first-order chi connectivity index (χ1) is 11.8. The number of carbonyl (C=O) groups excluding carboxylic acids is 2. The zero-order valence-corrected chi connectivity index (χ0v) is 15.0. The van der Waals surface area contributed by atoms with E-state index in [1.165, 1.54) is 4.90 Å². The third-order valence-electron chi connectivity index (χ3n) is 4.38. The molecule has 1 aromatic heterocycles. The minimum absolute atomic E-state index is 0.112. The normalized spacial score (nSPS) is 20.4. The fraction of sp³-hybridized carbons (Fsp3) is 0.421. The van der Waals surface area contributed by atoms with Crippen molar-refractivity contribution in [1.82, 2.24) is 15.2 Å². The highest BCUT2D eigenvalue weighted by Gasteiger charge is 2.48. The molecule has 0 saturated carbocycles. The summed E-state index contributed by atoms with van der Waals surface area (Å²) in [7, 11) is 0. The highest BCUT2D eigenvalue weighted by Crippen LogP contribution is 2.28. The van der Waals surface area contributed by atoms with Gasteiger partial charge in [0.2, 0.25) is 5.89 Å². The lowest BCUT2D eigenvalue weighted by Gasteiger charge is -2.23. The highest BCUT2D eigenvalue weighted by atomic mass is 16.4. The predicted molar refractivity (Wildman–Crippen MR) is 93.6 cm³/mol. The molecule has 1 N–H and O–H groups in total. The maximum atomic E-state index is 12.7. The molecule has 6 nitrogen and oxygen atoms in total. The molecule has 3 rings (SSSR count). The third kappa shape index (κ3) is 3.29. The van der Waals surface area contributed by atoms with Crippen LogP contribution in [0.1, 0.15) is 38.6 Å². The molecular weight excluding hydrogens is 318 g/mol. The third-order valence-corrected chi connectivity index (χ3v) is 4.38. The molecule has 1 saturated heterocycles. The molecule has 25 heavy (non-hydrogen) atoms. The maximum Gasteiger partial charge on any atom is 0.325 e. The number of hydrogen-bond acceptors (Lipinski definition) is 4. The Labute approximate surface area is 147 Å². The lowest BCUT2D eigenvalue weighted by Crippen LogP contribution is -2.44. The second-order valence-electron chi connectivity index (χ2n) is 7.14. The molecule has 132 valence electrons. The number of urea groups is 1. The number of aryl methyl sites for hydroxylation is 1. The number of imide groups is 1. The minimum atomic E-state index is -0.856. The van der Waals surface area contributed by atoms with Crippen molar-refractivity contribution in [3.8, 4) is 11.5 Å². The van der Waals surface area contributed by atoms with Crippen LogP contribution in [0.2, 0.25) is 0 Å². The quantitative estimate of drug-likeness (QED) is 0.845. The van der Waals surface area contributed by atoms with E-state index in [1.54, 1.807) is 13.8 Å². The molecule has 1 fully saturated rings. The Morgan fingerprint density at radius 2 is 1.92 bits per heavy atom. The van der Waals surface area contributed by atoms with Gasteiger partial charge in [-0.1, -0.05) is 32.0 Å². The Balaban J connectivity index is 1.82.